The molecule has 192 valence electrons. The first kappa shape index (κ1) is 31.6. The van der Waals surface area contributed by atoms with Gasteiger partial charge in [-0.1, -0.05) is 88.4 Å². The fourth-order valence-corrected chi connectivity index (χ4v) is 21.5. The number of hydrogen-bond donors (Lipinski definition) is 0. The van der Waals surface area contributed by atoms with Crippen LogP contribution in [0.1, 0.15) is 0 Å². The second-order valence-corrected chi connectivity index (χ2v) is 22.9. The van der Waals surface area contributed by atoms with Gasteiger partial charge in [0, 0.05) is 0 Å². The maximum atomic E-state index is 4.23. The zero-order valence-corrected chi connectivity index (χ0v) is 25.7. The van der Waals surface area contributed by atoms with Gasteiger partial charge in [-0.05, 0) is 54.4 Å². The molecule has 3 heteroatoms. The molecule has 0 heterocycles. The van der Waals surface area contributed by atoms with Crippen molar-refractivity contribution in [2.45, 2.75) is 54.4 Å². The summed E-state index contributed by atoms with van der Waals surface area (Å²) in [5.41, 5.74) is 0. The summed E-state index contributed by atoms with van der Waals surface area (Å²) in [6.07, 6.45) is 19.1. The topological polar surface area (TPSA) is 0 Å². The minimum Gasteiger partial charge on any atom is -0.103 e. The van der Waals surface area contributed by atoms with Crippen LogP contribution >= 0.6 is 0 Å². The second kappa shape index (κ2) is 15.6. The SMILES string of the molecule is C=CC[Si](CC=C)(CC=C)c1cccc([Si](CC=C)(CC=C)CC=C)c1[Si](CC=C)(CC=C)CC=C. The van der Waals surface area contributed by atoms with Crippen LogP contribution < -0.4 is 15.6 Å². The highest BCUT2D eigenvalue weighted by molar-refractivity contribution is 7.07. The van der Waals surface area contributed by atoms with E-state index in [4.69, 9.17) is 0 Å². The van der Waals surface area contributed by atoms with Gasteiger partial charge in [-0.2, -0.15) is 0 Å². The van der Waals surface area contributed by atoms with Crippen LogP contribution in [0.5, 0.6) is 0 Å². The van der Waals surface area contributed by atoms with Gasteiger partial charge >= 0.3 is 0 Å². The highest BCUT2D eigenvalue weighted by atomic mass is 28.3. The Kier molecular flexibility index (Phi) is 13.7. The number of benzene rings is 1. The molecule has 0 aliphatic heterocycles. The minimum absolute atomic E-state index is 0.997. The Morgan fingerprint density at radius 3 is 0.833 bits per heavy atom. The summed E-state index contributed by atoms with van der Waals surface area (Å²) < 4.78 is 0. The lowest BCUT2D eigenvalue weighted by atomic mass is 10.3. The molecule has 0 spiro atoms. The average molecular weight is 529 g/mol. The van der Waals surface area contributed by atoms with Crippen molar-refractivity contribution in [3.05, 3.63) is 132 Å². The van der Waals surface area contributed by atoms with Crippen molar-refractivity contribution in [2.24, 2.45) is 0 Å². The van der Waals surface area contributed by atoms with Crippen molar-refractivity contribution >= 4 is 39.8 Å². The monoisotopic (exact) mass is 528 g/mol. The predicted molar refractivity (Wildman–Crippen MR) is 178 cm³/mol. The van der Waals surface area contributed by atoms with E-state index >= 15 is 0 Å². The van der Waals surface area contributed by atoms with Crippen molar-refractivity contribution in [2.75, 3.05) is 0 Å². The molecule has 0 radical (unpaired) electrons. The van der Waals surface area contributed by atoms with Crippen molar-refractivity contribution in [1.82, 2.24) is 0 Å². The first-order chi connectivity index (χ1) is 17.4. The minimum atomic E-state index is -2.14. The Balaban J connectivity index is 4.49. The molecule has 0 bridgehead atoms. The summed E-state index contributed by atoms with van der Waals surface area (Å²) >= 11 is 0. The van der Waals surface area contributed by atoms with Gasteiger partial charge in [0.2, 0.25) is 0 Å². The zero-order valence-electron chi connectivity index (χ0n) is 22.7. The fraction of sp³-hybridized carbons (Fsp3) is 0.273. The summed E-state index contributed by atoms with van der Waals surface area (Å²) in [5.74, 6) is 0. The van der Waals surface area contributed by atoms with E-state index < -0.39 is 24.2 Å². The first-order valence-electron chi connectivity index (χ1n) is 13.0. The smallest absolute Gasteiger partial charge is 0.0975 e. The molecular formula is C33H48Si3. The molecule has 0 unspecified atom stereocenters. The lowest BCUT2D eigenvalue weighted by Crippen LogP contribution is -2.71. The molecular weight excluding hydrogens is 481 g/mol. The molecule has 0 saturated heterocycles. The Labute approximate surface area is 225 Å². The highest BCUT2D eigenvalue weighted by Gasteiger charge is 2.45. The van der Waals surface area contributed by atoms with Gasteiger partial charge in [0.15, 0.2) is 0 Å². The van der Waals surface area contributed by atoms with Gasteiger partial charge in [-0.25, -0.2) is 0 Å². The van der Waals surface area contributed by atoms with Crippen LogP contribution in [0.4, 0.5) is 0 Å². The largest absolute Gasteiger partial charge is 0.103 e. The van der Waals surface area contributed by atoms with Crippen molar-refractivity contribution in [1.29, 1.82) is 0 Å². The molecule has 0 nitrogen and oxygen atoms in total. The van der Waals surface area contributed by atoms with Gasteiger partial charge < -0.3 is 0 Å². The van der Waals surface area contributed by atoms with E-state index in [0.29, 0.717) is 0 Å². The van der Waals surface area contributed by atoms with Crippen molar-refractivity contribution in [3.63, 3.8) is 0 Å². The third kappa shape index (κ3) is 6.84. The molecule has 1 aromatic carbocycles. The van der Waals surface area contributed by atoms with E-state index in [0.717, 1.165) is 54.4 Å². The summed E-state index contributed by atoms with van der Waals surface area (Å²) in [6, 6.07) is 16.1. The van der Waals surface area contributed by atoms with Gasteiger partial charge in [0.05, 0.1) is 24.2 Å². The van der Waals surface area contributed by atoms with Crippen LogP contribution in [0.15, 0.2) is 132 Å². The van der Waals surface area contributed by atoms with E-state index in [1.165, 1.54) is 0 Å². The van der Waals surface area contributed by atoms with Gasteiger partial charge in [0.25, 0.3) is 0 Å². The average Bonchev–Trinajstić information content (AvgIpc) is 2.85. The van der Waals surface area contributed by atoms with Crippen LogP contribution in [0.2, 0.25) is 54.4 Å². The van der Waals surface area contributed by atoms with Gasteiger partial charge in [-0.3, -0.25) is 0 Å². The van der Waals surface area contributed by atoms with Gasteiger partial charge in [-0.15, -0.1) is 59.2 Å². The quantitative estimate of drug-likeness (QED) is 0.111. The molecule has 36 heavy (non-hydrogen) atoms. The Morgan fingerprint density at radius 1 is 0.389 bits per heavy atom. The molecule has 0 amide bonds. The molecule has 0 aromatic heterocycles. The Hall–Kier alpha value is -2.47. The lowest BCUT2D eigenvalue weighted by molar-refractivity contribution is 1.35. The van der Waals surface area contributed by atoms with Crippen LogP contribution in [0, 0.1) is 0 Å². The first-order valence-corrected chi connectivity index (χ1v) is 20.9. The summed E-state index contributed by atoms with van der Waals surface area (Å²) in [5, 5.41) is 4.75. The van der Waals surface area contributed by atoms with E-state index in [2.05, 4.69) is 132 Å². The molecule has 1 rings (SSSR count). The van der Waals surface area contributed by atoms with E-state index in [1.807, 2.05) is 0 Å². The lowest BCUT2D eigenvalue weighted by Gasteiger charge is -2.43. The molecule has 0 fully saturated rings. The molecule has 0 aliphatic rings. The third-order valence-corrected chi connectivity index (χ3v) is 22.4. The molecule has 0 aliphatic carbocycles. The molecule has 1 aromatic rings. The van der Waals surface area contributed by atoms with Crippen molar-refractivity contribution < 1.29 is 0 Å². The highest BCUT2D eigenvalue weighted by Crippen LogP contribution is 2.30. The van der Waals surface area contributed by atoms with Gasteiger partial charge in [0.1, 0.15) is 0 Å². The summed E-state index contributed by atoms with van der Waals surface area (Å²) in [6.45, 7) is 37.8. The van der Waals surface area contributed by atoms with Crippen LogP contribution in [-0.2, 0) is 0 Å². The molecule has 0 saturated carbocycles. The summed E-state index contributed by atoms with van der Waals surface area (Å²) in [4.78, 5) is 0. The Bertz CT molecular complexity index is 829. The van der Waals surface area contributed by atoms with E-state index in [-0.39, 0.29) is 0 Å². The zero-order chi connectivity index (χ0) is 27.1. The van der Waals surface area contributed by atoms with E-state index in [1.54, 1.807) is 15.6 Å². The summed E-state index contributed by atoms with van der Waals surface area (Å²) in [7, 11) is -6.28. The van der Waals surface area contributed by atoms with Crippen molar-refractivity contribution in [3.8, 4) is 0 Å². The number of hydrogen-bond acceptors (Lipinski definition) is 0. The fourth-order valence-electron chi connectivity index (χ4n) is 6.21. The number of rotatable bonds is 21. The van der Waals surface area contributed by atoms with Crippen LogP contribution in [-0.4, -0.2) is 24.2 Å². The van der Waals surface area contributed by atoms with Crippen LogP contribution in [0.3, 0.4) is 0 Å². The van der Waals surface area contributed by atoms with E-state index in [9.17, 15) is 0 Å². The number of allylic oxidation sites excluding steroid dienone is 9. The maximum absolute atomic E-state index is 4.23. The Morgan fingerprint density at radius 2 is 0.611 bits per heavy atom. The molecule has 0 N–H and O–H groups in total. The standard InChI is InChI=1S/C33H48Si3/c1-10-22-34(23-11-2,24-12-3)31-20-19-21-32(35(25-13-4,26-14-5)27-15-6)33(31)36(28-16-7,29-17-8)30-18-9/h10-21H,1-9,22-30H2. The normalized spacial score (nSPS) is 11.7. The molecule has 0 atom stereocenters. The van der Waals surface area contributed by atoms with Crippen LogP contribution in [0.25, 0.3) is 0 Å². The third-order valence-electron chi connectivity index (χ3n) is 7.55. The predicted octanol–water partition coefficient (Wildman–Crippen LogP) is 8.33. The maximum Gasteiger partial charge on any atom is 0.0975 e. The second-order valence-electron chi connectivity index (χ2n) is 10.0.